The molecule has 0 aliphatic carbocycles. The highest BCUT2D eigenvalue weighted by Crippen LogP contribution is 2.22. The van der Waals surface area contributed by atoms with Crippen LogP contribution in [-0.2, 0) is 0 Å². The molecular weight excluding hydrogens is 207 g/mol. The molecular formula is C13H19FO2. The van der Waals surface area contributed by atoms with E-state index in [-0.39, 0.29) is 17.8 Å². The van der Waals surface area contributed by atoms with Crippen molar-refractivity contribution in [2.24, 2.45) is 5.41 Å². The molecule has 1 N–H and O–H groups in total. The summed E-state index contributed by atoms with van der Waals surface area (Å²) < 4.78 is 18.6. The van der Waals surface area contributed by atoms with Crippen molar-refractivity contribution in [1.29, 1.82) is 0 Å². The van der Waals surface area contributed by atoms with Crippen molar-refractivity contribution in [1.82, 2.24) is 0 Å². The first-order valence-corrected chi connectivity index (χ1v) is 5.37. The smallest absolute Gasteiger partial charge is 0.165 e. The van der Waals surface area contributed by atoms with E-state index in [4.69, 9.17) is 4.74 Å². The Labute approximate surface area is 96.1 Å². The van der Waals surface area contributed by atoms with Gasteiger partial charge in [-0.05, 0) is 30.0 Å². The van der Waals surface area contributed by atoms with Gasteiger partial charge in [0.2, 0.25) is 0 Å². The molecule has 0 saturated heterocycles. The Morgan fingerprint density at radius 2 is 2.00 bits per heavy atom. The molecule has 16 heavy (non-hydrogen) atoms. The molecule has 1 aromatic carbocycles. The van der Waals surface area contributed by atoms with Gasteiger partial charge in [-0.25, -0.2) is 4.39 Å². The van der Waals surface area contributed by atoms with Gasteiger partial charge in [0, 0.05) is 0 Å². The summed E-state index contributed by atoms with van der Waals surface area (Å²) >= 11 is 0. The summed E-state index contributed by atoms with van der Waals surface area (Å²) in [4.78, 5) is 0. The second kappa shape index (κ2) is 4.83. The zero-order chi connectivity index (χ0) is 12.3. The molecule has 0 spiro atoms. The van der Waals surface area contributed by atoms with Crippen LogP contribution in [0, 0.1) is 18.2 Å². The number of aliphatic hydroxyl groups is 1. The van der Waals surface area contributed by atoms with Crippen molar-refractivity contribution in [2.45, 2.75) is 33.8 Å². The largest absolute Gasteiger partial charge is 0.488 e. The van der Waals surface area contributed by atoms with Gasteiger partial charge in [0.05, 0.1) is 6.10 Å². The molecule has 0 heterocycles. The fourth-order valence-corrected chi connectivity index (χ4v) is 1.14. The Bertz CT molecular complexity index is 355. The molecule has 1 aromatic rings. The van der Waals surface area contributed by atoms with Gasteiger partial charge in [-0.1, -0.05) is 26.8 Å². The van der Waals surface area contributed by atoms with E-state index in [0.717, 1.165) is 5.56 Å². The molecule has 0 aliphatic rings. The molecule has 1 rings (SSSR count). The lowest BCUT2D eigenvalue weighted by Gasteiger charge is -2.25. The van der Waals surface area contributed by atoms with E-state index in [0.29, 0.717) is 0 Å². The maximum atomic E-state index is 13.3. The molecule has 0 amide bonds. The van der Waals surface area contributed by atoms with E-state index in [9.17, 15) is 9.50 Å². The van der Waals surface area contributed by atoms with Crippen LogP contribution < -0.4 is 4.74 Å². The average molecular weight is 226 g/mol. The highest BCUT2D eigenvalue weighted by Gasteiger charge is 2.23. The van der Waals surface area contributed by atoms with Crippen molar-refractivity contribution in [3.63, 3.8) is 0 Å². The summed E-state index contributed by atoms with van der Waals surface area (Å²) in [5.74, 6) is -0.199. The molecule has 2 nitrogen and oxygen atoms in total. The highest BCUT2D eigenvalue weighted by atomic mass is 19.1. The first kappa shape index (κ1) is 13.0. The molecule has 3 heteroatoms. The minimum atomic E-state index is -0.618. The van der Waals surface area contributed by atoms with Gasteiger partial charge in [-0.15, -0.1) is 0 Å². The topological polar surface area (TPSA) is 29.5 Å². The zero-order valence-corrected chi connectivity index (χ0v) is 10.2. The summed E-state index contributed by atoms with van der Waals surface area (Å²) in [7, 11) is 0. The van der Waals surface area contributed by atoms with Crippen molar-refractivity contribution in [3.8, 4) is 5.75 Å². The van der Waals surface area contributed by atoms with Crippen molar-refractivity contribution >= 4 is 0 Å². The fourth-order valence-electron chi connectivity index (χ4n) is 1.14. The molecule has 0 bridgehead atoms. The number of ether oxygens (including phenoxy) is 1. The highest BCUT2D eigenvalue weighted by molar-refractivity contribution is 5.29. The Kier molecular flexibility index (Phi) is 3.92. The van der Waals surface area contributed by atoms with E-state index in [1.165, 1.54) is 6.07 Å². The maximum absolute atomic E-state index is 13.3. The minimum Gasteiger partial charge on any atom is -0.488 e. The maximum Gasteiger partial charge on any atom is 0.165 e. The van der Waals surface area contributed by atoms with Gasteiger partial charge < -0.3 is 9.84 Å². The SMILES string of the molecule is Cc1ccc(F)c(OCC(O)C(C)(C)C)c1. The molecule has 1 unspecified atom stereocenters. The van der Waals surface area contributed by atoms with Crippen LogP contribution in [-0.4, -0.2) is 17.8 Å². The van der Waals surface area contributed by atoms with E-state index in [1.54, 1.807) is 12.1 Å². The Balaban J connectivity index is 2.64. The fraction of sp³-hybridized carbons (Fsp3) is 0.538. The molecule has 0 fully saturated rings. The van der Waals surface area contributed by atoms with Crippen LogP contribution in [0.25, 0.3) is 0 Å². The zero-order valence-electron chi connectivity index (χ0n) is 10.2. The first-order valence-electron chi connectivity index (χ1n) is 5.37. The van der Waals surface area contributed by atoms with Gasteiger partial charge in [0.25, 0.3) is 0 Å². The number of aryl methyl sites for hydroxylation is 1. The van der Waals surface area contributed by atoms with E-state index in [2.05, 4.69) is 0 Å². The van der Waals surface area contributed by atoms with Gasteiger partial charge in [0.15, 0.2) is 11.6 Å². The van der Waals surface area contributed by atoms with Gasteiger partial charge >= 0.3 is 0 Å². The van der Waals surface area contributed by atoms with Crippen LogP contribution in [0.15, 0.2) is 18.2 Å². The molecule has 0 saturated carbocycles. The number of hydrogen-bond donors (Lipinski definition) is 1. The summed E-state index contributed by atoms with van der Waals surface area (Å²) in [5.41, 5.74) is 0.668. The lowest BCUT2D eigenvalue weighted by molar-refractivity contribution is 0.0207. The standard InChI is InChI=1S/C13H19FO2/c1-9-5-6-10(14)11(7-9)16-8-12(15)13(2,3)4/h5-7,12,15H,8H2,1-4H3. The third-order valence-electron chi connectivity index (χ3n) is 2.48. The van der Waals surface area contributed by atoms with Crippen LogP contribution >= 0.6 is 0 Å². The predicted octanol–water partition coefficient (Wildman–Crippen LogP) is 2.92. The molecule has 1 atom stereocenters. The second-order valence-electron chi connectivity index (χ2n) is 5.13. The van der Waals surface area contributed by atoms with Crippen molar-refractivity contribution in [2.75, 3.05) is 6.61 Å². The molecule has 0 aromatic heterocycles. The molecule has 0 aliphatic heterocycles. The minimum absolute atomic E-state index is 0.101. The third kappa shape index (κ3) is 3.49. The van der Waals surface area contributed by atoms with Crippen LogP contribution in [0.5, 0.6) is 5.75 Å². The van der Waals surface area contributed by atoms with Crippen LogP contribution in [0.2, 0.25) is 0 Å². The summed E-state index contributed by atoms with van der Waals surface area (Å²) in [6.45, 7) is 7.70. The predicted molar refractivity (Wildman–Crippen MR) is 62.1 cm³/mol. The molecule has 0 radical (unpaired) electrons. The number of benzene rings is 1. The average Bonchev–Trinajstić information content (AvgIpc) is 2.17. The van der Waals surface area contributed by atoms with Crippen molar-refractivity contribution in [3.05, 3.63) is 29.6 Å². The van der Waals surface area contributed by atoms with E-state index in [1.807, 2.05) is 27.7 Å². The van der Waals surface area contributed by atoms with Gasteiger partial charge in [-0.2, -0.15) is 0 Å². The second-order valence-corrected chi connectivity index (χ2v) is 5.13. The third-order valence-corrected chi connectivity index (χ3v) is 2.48. The number of hydrogen-bond acceptors (Lipinski definition) is 2. The van der Waals surface area contributed by atoms with Crippen LogP contribution in [0.3, 0.4) is 0 Å². The number of halogens is 1. The molecule has 90 valence electrons. The van der Waals surface area contributed by atoms with Crippen molar-refractivity contribution < 1.29 is 14.2 Å². The Hall–Kier alpha value is -1.09. The summed E-state index contributed by atoms with van der Waals surface area (Å²) in [5, 5.41) is 9.76. The van der Waals surface area contributed by atoms with Gasteiger partial charge in [-0.3, -0.25) is 0 Å². The summed E-state index contributed by atoms with van der Waals surface area (Å²) in [6, 6.07) is 4.68. The van der Waals surface area contributed by atoms with Crippen LogP contribution in [0.4, 0.5) is 4.39 Å². The normalized spacial score (nSPS) is 13.6. The first-order chi connectivity index (χ1) is 7.30. The lowest BCUT2D eigenvalue weighted by atomic mass is 9.90. The number of rotatable bonds is 3. The lowest BCUT2D eigenvalue weighted by Crippen LogP contribution is -2.32. The van der Waals surface area contributed by atoms with Gasteiger partial charge in [0.1, 0.15) is 6.61 Å². The van der Waals surface area contributed by atoms with E-state index < -0.39 is 11.9 Å². The Morgan fingerprint density at radius 1 is 1.38 bits per heavy atom. The monoisotopic (exact) mass is 226 g/mol. The Morgan fingerprint density at radius 3 is 2.56 bits per heavy atom. The van der Waals surface area contributed by atoms with Crippen LogP contribution in [0.1, 0.15) is 26.3 Å². The van der Waals surface area contributed by atoms with E-state index >= 15 is 0 Å². The summed E-state index contributed by atoms with van der Waals surface area (Å²) in [6.07, 6.45) is -0.618. The quantitative estimate of drug-likeness (QED) is 0.858. The number of aliphatic hydroxyl groups excluding tert-OH is 1.